The molecule has 0 saturated carbocycles. The second-order valence-corrected chi connectivity index (χ2v) is 5.22. The molecule has 0 aliphatic heterocycles. The van der Waals surface area contributed by atoms with Crippen LogP contribution >= 0.6 is 11.8 Å². The Hall–Kier alpha value is -1.75. The highest BCUT2D eigenvalue weighted by molar-refractivity contribution is 7.98. The molecule has 0 saturated heterocycles. The van der Waals surface area contributed by atoms with E-state index in [1.807, 2.05) is 24.3 Å². The molecule has 0 radical (unpaired) electrons. The molecule has 0 aliphatic carbocycles. The summed E-state index contributed by atoms with van der Waals surface area (Å²) in [7, 11) is 0. The largest absolute Gasteiger partial charge is 0.481 e. The van der Waals surface area contributed by atoms with Gasteiger partial charge in [-0.3, -0.25) is 9.59 Å². The predicted molar refractivity (Wildman–Crippen MR) is 80.5 cm³/mol. The number of hydrogen-bond donors (Lipinski definition) is 1. The number of thioether (sulfide) groups is 1. The maximum atomic E-state index is 11.1. The lowest BCUT2D eigenvalue weighted by atomic mass is 10.1. The van der Waals surface area contributed by atoms with Crippen LogP contribution in [0.4, 0.5) is 0 Å². The van der Waals surface area contributed by atoms with Crippen molar-refractivity contribution >= 4 is 29.8 Å². The van der Waals surface area contributed by atoms with Gasteiger partial charge in [-0.1, -0.05) is 36.9 Å². The maximum absolute atomic E-state index is 11.1. The first-order valence-electron chi connectivity index (χ1n) is 6.28. The lowest BCUT2D eigenvalue weighted by molar-refractivity contribution is -0.147. The van der Waals surface area contributed by atoms with Crippen LogP contribution in [0.2, 0.25) is 0 Å². The van der Waals surface area contributed by atoms with Crippen molar-refractivity contribution < 1.29 is 19.4 Å². The number of carbonyl (C=O) groups excluding carboxylic acids is 1. The summed E-state index contributed by atoms with van der Waals surface area (Å²) < 4.78 is 4.93. The average molecular weight is 294 g/mol. The normalized spacial score (nSPS) is 10.0. The number of carboxylic acids is 1. The molecule has 0 aliphatic rings. The summed E-state index contributed by atoms with van der Waals surface area (Å²) in [6, 6.07) is 8.11. The Morgan fingerprint density at radius 1 is 1.25 bits per heavy atom. The van der Waals surface area contributed by atoms with Crippen LogP contribution in [0.25, 0.3) is 6.08 Å². The van der Waals surface area contributed by atoms with Crippen LogP contribution in [-0.2, 0) is 20.1 Å². The van der Waals surface area contributed by atoms with E-state index in [9.17, 15) is 9.59 Å². The number of ether oxygens (including phenoxy) is 1. The Labute approximate surface area is 122 Å². The smallest absolute Gasteiger partial charge is 0.306 e. The number of esters is 1. The highest BCUT2D eigenvalue weighted by Crippen LogP contribution is 2.13. The van der Waals surface area contributed by atoms with E-state index in [4.69, 9.17) is 9.84 Å². The molecule has 0 unspecified atom stereocenters. The number of carbonyl (C=O) groups is 2. The summed E-state index contributed by atoms with van der Waals surface area (Å²) in [6.07, 6.45) is 1.55. The summed E-state index contributed by atoms with van der Waals surface area (Å²) >= 11 is 1.67. The van der Waals surface area contributed by atoms with Crippen molar-refractivity contribution in [1.82, 2.24) is 0 Å². The Bertz CT molecular complexity index is 453. The molecule has 0 bridgehead atoms. The topological polar surface area (TPSA) is 63.6 Å². The number of rotatable bonds is 9. The van der Waals surface area contributed by atoms with E-state index in [1.54, 1.807) is 17.8 Å². The maximum Gasteiger partial charge on any atom is 0.306 e. The zero-order valence-corrected chi connectivity index (χ0v) is 12.0. The number of aliphatic carboxylic acids is 1. The standard InChI is InChI=1S/C15H18O4S/c1-2-12-3-5-13(6-4-12)11-20-10-9-19-15(18)8-7-14(16)17/h2-6H,1,7-11H2,(H,16,17). The van der Waals surface area contributed by atoms with Gasteiger partial charge >= 0.3 is 11.9 Å². The molecule has 5 heteroatoms. The van der Waals surface area contributed by atoms with Crippen LogP contribution in [0, 0.1) is 0 Å². The molecule has 1 aromatic rings. The lowest BCUT2D eigenvalue weighted by Crippen LogP contribution is -2.09. The van der Waals surface area contributed by atoms with Crippen molar-refractivity contribution in [2.75, 3.05) is 12.4 Å². The molecule has 1 aromatic carbocycles. The second-order valence-electron chi connectivity index (χ2n) is 4.11. The molecule has 4 nitrogen and oxygen atoms in total. The number of benzene rings is 1. The van der Waals surface area contributed by atoms with Crippen molar-refractivity contribution in [3.8, 4) is 0 Å². The van der Waals surface area contributed by atoms with Crippen LogP contribution in [0.5, 0.6) is 0 Å². The van der Waals surface area contributed by atoms with Gasteiger partial charge in [0.25, 0.3) is 0 Å². The van der Waals surface area contributed by atoms with Gasteiger partial charge < -0.3 is 9.84 Å². The van der Waals surface area contributed by atoms with E-state index in [-0.39, 0.29) is 12.8 Å². The van der Waals surface area contributed by atoms with E-state index in [0.29, 0.717) is 12.4 Å². The van der Waals surface area contributed by atoms with E-state index < -0.39 is 11.9 Å². The van der Waals surface area contributed by atoms with Gasteiger partial charge in [-0.2, -0.15) is 11.8 Å². The Morgan fingerprint density at radius 2 is 1.95 bits per heavy atom. The minimum absolute atomic E-state index is 0.0665. The highest BCUT2D eigenvalue weighted by Gasteiger charge is 2.06. The molecule has 20 heavy (non-hydrogen) atoms. The van der Waals surface area contributed by atoms with Gasteiger partial charge in [0, 0.05) is 11.5 Å². The summed E-state index contributed by atoms with van der Waals surface area (Å²) in [5.41, 5.74) is 2.30. The van der Waals surface area contributed by atoms with Gasteiger partial charge in [0.15, 0.2) is 0 Å². The molecular formula is C15H18O4S. The highest BCUT2D eigenvalue weighted by atomic mass is 32.2. The van der Waals surface area contributed by atoms with Crippen molar-refractivity contribution in [3.05, 3.63) is 42.0 Å². The van der Waals surface area contributed by atoms with Gasteiger partial charge in [-0.25, -0.2) is 0 Å². The lowest BCUT2D eigenvalue weighted by Gasteiger charge is -2.04. The van der Waals surface area contributed by atoms with Crippen molar-refractivity contribution in [3.63, 3.8) is 0 Å². The second kappa shape index (κ2) is 9.20. The minimum atomic E-state index is -0.987. The molecule has 108 valence electrons. The monoisotopic (exact) mass is 294 g/mol. The molecule has 0 fully saturated rings. The summed E-state index contributed by atoms with van der Waals surface area (Å²) in [5.74, 6) is 0.106. The molecule has 0 aromatic heterocycles. The van der Waals surface area contributed by atoms with Gasteiger partial charge in [0.2, 0.25) is 0 Å². The molecule has 1 rings (SSSR count). The average Bonchev–Trinajstić information content (AvgIpc) is 2.45. The third kappa shape index (κ3) is 6.99. The van der Waals surface area contributed by atoms with E-state index >= 15 is 0 Å². The molecule has 0 heterocycles. The van der Waals surface area contributed by atoms with Crippen molar-refractivity contribution in [1.29, 1.82) is 0 Å². The first-order chi connectivity index (χ1) is 9.61. The third-order valence-electron chi connectivity index (χ3n) is 2.52. The van der Waals surface area contributed by atoms with Crippen molar-refractivity contribution in [2.45, 2.75) is 18.6 Å². The SMILES string of the molecule is C=Cc1ccc(CSCCOC(=O)CCC(=O)O)cc1. The summed E-state index contributed by atoms with van der Waals surface area (Å²) in [4.78, 5) is 21.4. The van der Waals surface area contributed by atoms with E-state index in [2.05, 4.69) is 6.58 Å². The molecular weight excluding hydrogens is 276 g/mol. The Kier molecular flexibility index (Phi) is 7.50. The quantitative estimate of drug-likeness (QED) is 0.560. The van der Waals surface area contributed by atoms with Crippen molar-refractivity contribution in [2.24, 2.45) is 0 Å². The van der Waals surface area contributed by atoms with E-state index in [0.717, 1.165) is 11.3 Å². The minimum Gasteiger partial charge on any atom is -0.481 e. The van der Waals surface area contributed by atoms with E-state index in [1.165, 1.54) is 5.56 Å². The molecule has 0 atom stereocenters. The molecule has 0 spiro atoms. The first-order valence-corrected chi connectivity index (χ1v) is 7.44. The van der Waals surface area contributed by atoms with Gasteiger partial charge in [-0.05, 0) is 11.1 Å². The fraction of sp³-hybridized carbons (Fsp3) is 0.333. The van der Waals surface area contributed by atoms with Crippen LogP contribution in [0.1, 0.15) is 24.0 Å². The first kappa shape index (κ1) is 16.3. The van der Waals surface area contributed by atoms with Crippen LogP contribution < -0.4 is 0 Å². The van der Waals surface area contributed by atoms with Crippen LogP contribution in [0.15, 0.2) is 30.8 Å². The van der Waals surface area contributed by atoms with Gasteiger partial charge in [0.1, 0.15) is 6.61 Å². The van der Waals surface area contributed by atoms with Gasteiger partial charge in [0.05, 0.1) is 12.8 Å². The summed E-state index contributed by atoms with van der Waals surface area (Å²) in [6.45, 7) is 4.01. The molecule has 0 amide bonds. The van der Waals surface area contributed by atoms with Crippen LogP contribution in [0.3, 0.4) is 0 Å². The fourth-order valence-electron chi connectivity index (χ4n) is 1.44. The predicted octanol–water partition coefficient (Wildman–Crippen LogP) is 2.97. The number of carboxylic acid groups (broad SMARTS) is 1. The fourth-order valence-corrected chi connectivity index (χ4v) is 2.21. The summed E-state index contributed by atoms with van der Waals surface area (Å²) in [5, 5.41) is 8.42. The van der Waals surface area contributed by atoms with Gasteiger partial charge in [-0.15, -0.1) is 0 Å². The molecule has 1 N–H and O–H groups in total. The zero-order chi connectivity index (χ0) is 14.8. The Balaban J connectivity index is 2.10. The zero-order valence-electron chi connectivity index (χ0n) is 11.2. The van der Waals surface area contributed by atoms with Crippen LogP contribution in [-0.4, -0.2) is 29.4 Å². The third-order valence-corrected chi connectivity index (χ3v) is 3.51. The Morgan fingerprint density at radius 3 is 2.55 bits per heavy atom. The number of hydrogen-bond acceptors (Lipinski definition) is 4.